The minimum atomic E-state index is 0.0524. The van der Waals surface area contributed by atoms with Crippen LogP contribution in [0, 0.1) is 5.41 Å². The lowest BCUT2D eigenvalue weighted by Crippen LogP contribution is -2.42. The molecule has 0 spiro atoms. The molecule has 0 unspecified atom stereocenters. The number of amides is 1. The smallest absolute Gasteiger partial charge is 0.254 e. The molecule has 2 rings (SSSR count). The highest BCUT2D eigenvalue weighted by Gasteiger charge is 2.33. The number of pyridine rings is 1. The van der Waals surface area contributed by atoms with Gasteiger partial charge in [0, 0.05) is 25.7 Å². The van der Waals surface area contributed by atoms with Gasteiger partial charge in [-0.15, -0.1) is 0 Å². The summed E-state index contributed by atoms with van der Waals surface area (Å²) in [5.74, 6) is 0.677. The summed E-state index contributed by atoms with van der Waals surface area (Å²) in [7, 11) is 1.77. The number of carbonyl (C=O) groups is 1. The van der Waals surface area contributed by atoms with E-state index in [4.69, 9.17) is 11.6 Å². The molecule has 1 aromatic rings. The summed E-state index contributed by atoms with van der Waals surface area (Å²) in [6.45, 7) is 6.16. The van der Waals surface area contributed by atoms with Crippen LogP contribution >= 0.6 is 11.6 Å². The van der Waals surface area contributed by atoms with Crippen molar-refractivity contribution in [3.05, 3.63) is 22.8 Å². The fourth-order valence-electron chi connectivity index (χ4n) is 3.07. The predicted octanol–water partition coefficient (Wildman–Crippen LogP) is 3.82. The maximum atomic E-state index is 12.6. The highest BCUT2D eigenvalue weighted by atomic mass is 35.5. The number of hydrogen-bond acceptors (Lipinski definition) is 3. The summed E-state index contributed by atoms with van der Waals surface area (Å²) in [4.78, 5) is 18.7. The van der Waals surface area contributed by atoms with Crippen molar-refractivity contribution in [1.82, 2.24) is 9.88 Å². The van der Waals surface area contributed by atoms with Gasteiger partial charge in [0.15, 0.2) is 0 Å². The molecule has 1 aromatic heterocycles. The van der Waals surface area contributed by atoms with Gasteiger partial charge in [0.25, 0.3) is 5.91 Å². The highest BCUT2D eigenvalue weighted by molar-refractivity contribution is 6.29. The van der Waals surface area contributed by atoms with Crippen LogP contribution in [0.3, 0.4) is 0 Å². The molecule has 1 saturated heterocycles. The van der Waals surface area contributed by atoms with Crippen LogP contribution in [0.15, 0.2) is 12.1 Å². The van der Waals surface area contributed by atoms with Gasteiger partial charge in [-0.3, -0.25) is 4.79 Å². The van der Waals surface area contributed by atoms with Gasteiger partial charge < -0.3 is 10.2 Å². The Kier molecular flexibility index (Phi) is 5.09. The van der Waals surface area contributed by atoms with E-state index in [1.165, 1.54) is 12.8 Å². The molecule has 1 N–H and O–H groups in total. The number of hydrogen-bond donors (Lipinski definition) is 1. The number of rotatable bonds is 4. The molecule has 0 saturated carbocycles. The lowest BCUT2D eigenvalue weighted by Gasteiger charge is -2.41. The van der Waals surface area contributed by atoms with Crippen molar-refractivity contribution >= 4 is 23.3 Å². The summed E-state index contributed by atoms with van der Waals surface area (Å²) in [5, 5.41) is 3.28. The number of aromatic nitrogens is 1. The zero-order valence-corrected chi connectivity index (χ0v) is 13.8. The van der Waals surface area contributed by atoms with Crippen molar-refractivity contribution < 1.29 is 4.79 Å². The van der Waals surface area contributed by atoms with E-state index in [1.54, 1.807) is 19.2 Å². The van der Waals surface area contributed by atoms with Crippen LogP contribution in [0.25, 0.3) is 0 Å². The molecule has 0 bridgehead atoms. The number of halogens is 1. The Morgan fingerprint density at radius 3 is 2.48 bits per heavy atom. The molecular weight excluding hydrogens is 286 g/mol. The molecule has 5 heteroatoms. The second kappa shape index (κ2) is 6.65. The molecule has 2 heterocycles. The van der Waals surface area contributed by atoms with Gasteiger partial charge >= 0.3 is 0 Å². The van der Waals surface area contributed by atoms with Crippen molar-refractivity contribution in [2.45, 2.75) is 39.5 Å². The lowest BCUT2D eigenvalue weighted by atomic mass is 9.74. The summed E-state index contributed by atoms with van der Waals surface area (Å²) < 4.78 is 0. The Balaban J connectivity index is 2.10. The van der Waals surface area contributed by atoms with Crippen molar-refractivity contribution in [2.75, 3.05) is 25.5 Å². The molecule has 21 heavy (non-hydrogen) atoms. The van der Waals surface area contributed by atoms with Gasteiger partial charge in [-0.25, -0.2) is 4.98 Å². The molecule has 1 aliphatic rings. The van der Waals surface area contributed by atoms with Gasteiger partial charge in [0.1, 0.15) is 11.0 Å². The summed E-state index contributed by atoms with van der Waals surface area (Å²) in [6.07, 6.45) is 4.56. The SMILES string of the molecule is CCC1(CC)CCN(C(=O)c2cc(Cl)nc(NC)c2)CC1. The van der Waals surface area contributed by atoms with Crippen LogP contribution in [-0.2, 0) is 0 Å². The Labute approximate surface area is 131 Å². The fourth-order valence-corrected chi connectivity index (χ4v) is 3.28. The van der Waals surface area contributed by atoms with E-state index in [0.29, 0.717) is 21.9 Å². The second-order valence-electron chi connectivity index (χ2n) is 5.81. The van der Waals surface area contributed by atoms with Crippen molar-refractivity contribution in [1.29, 1.82) is 0 Å². The first-order valence-electron chi connectivity index (χ1n) is 7.68. The van der Waals surface area contributed by atoms with Crippen LogP contribution in [0.2, 0.25) is 5.15 Å². The largest absolute Gasteiger partial charge is 0.373 e. The summed E-state index contributed by atoms with van der Waals surface area (Å²) in [6, 6.07) is 3.40. The van der Waals surface area contributed by atoms with E-state index in [2.05, 4.69) is 24.1 Å². The van der Waals surface area contributed by atoms with Crippen LogP contribution < -0.4 is 5.32 Å². The van der Waals surface area contributed by atoms with Gasteiger partial charge in [-0.1, -0.05) is 38.3 Å². The van der Waals surface area contributed by atoms with E-state index < -0.39 is 0 Å². The first kappa shape index (κ1) is 16.1. The Bertz CT molecular complexity index is 504. The molecule has 0 radical (unpaired) electrons. The van der Waals surface area contributed by atoms with Gasteiger partial charge in [0.2, 0.25) is 0 Å². The Morgan fingerprint density at radius 2 is 1.95 bits per heavy atom. The van der Waals surface area contributed by atoms with E-state index in [-0.39, 0.29) is 5.91 Å². The molecule has 0 aliphatic carbocycles. The number of likely N-dealkylation sites (tertiary alicyclic amines) is 1. The maximum absolute atomic E-state index is 12.6. The molecule has 4 nitrogen and oxygen atoms in total. The lowest BCUT2D eigenvalue weighted by molar-refractivity contribution is 0.0557. The molecule has 0 atom stereocenters. The number of piperidine rings is 1. The second-order valence-corrected chi connectivity index (χ2v) is 6.20. The third kappa shape index (κ3) is 3.49. The first-order valence-corrected chi connectivity index (χ1v) is 8.06. The van der Waals surface area contributed by atoms with Crippen LogP contribution in [0.1, 0.15) is 49.9 Å². The monoisotopic (exact) mass is 309 g/mol. The maximum Gasteiger partial charge on any atom is 0.254 e. The summed E-state index contributed by atoms with van der Waals surface area (Å²) in [5.41, 5.74) is 1.03. The molecule has 0 aromatic carbocycles. The third-order valence-electron chi connectivity index (χ3n) is 4.91. The normalized spacial score (nSPS) is 17.6. The van der Waals surface area contributed by atoms with E-state index in [9.17, 15) is 4.79 Å². The Morgan fingerprint density at radius 1 is 1.33 bits per heavy atom. The van der Waals surface area contributed by atoms with E-state index in [1.807, 2.05) is 4.90 Å². The third-order valence-corrected chi connectivity index (χ3v) is 5.10. The average Bonchev–Trinajstić information content (AvgIpc) is 2.53. The van der Waals surface area contributed by atoms with Crippen LogP contribution in [0.4, 0.5) is 5.82 Å². The van der Waals surface area contributed by atoms with Gasteiger partial charge in [0.05, 0.1) is 0 Å². The van der Waals surface area contributed by atoms with Crippen LogP contribution in [-0.4, -0.2) is 35.9 Å². The number of carbonyl (C=O) groups excluding carboxylic acids is 1. The Hall–Kier alpha value is -1.29. The zero-order valence-electron chi connectivity index (χ0n) is 13.1. The van der Waals surface area contributed by atoms with Gasteiger partial charge in [-0.2, -0.15) is 0 Å². The average molecular weight is 310 g/mol. The number of anilines is 1. The number of nitrogens with one attached hydrogen (secondary N) is 1. The predicted molar refractivity (Wildman–Crippen MR) is 86.9 cm³/mol. The molecule has 1 aliphatic heterocycles. The van der Waals surface area contributed by atoms with E-state index >= 15 is 0 Å². The number of nitrogens with zero attached hydrogens (tertiary/aromatic N) is 2. The highest BCUT2D eigenvalue weighted by Crippen LogP contribution is 2.38. The zero-order chi connectivity index (χ0) is 15.5. The summed E-state index contributed by atoms with van der Waals surface area (Å²) >= 11 is 5.98. The molecule has 1 fully saturated rings. The first-order chi connectivity index (χ1) is 10.0. The molecule has 1 amide bonds. The van der Waals surface area contributed by atoms with Crippen molar-refractivity contribution in [2.24, 2.45) is 5.41 Å². The quantitative estimate of drug-likeness (QED) is 0.860. The minimum Gasteiger partial charge on any atom is -0.373 e. The van der Waals surface area contributed by atoms with Crippen molar-refractivity contribution in [3.8, 4) is 0 Å². The topological polar surface area (TPSA) is 45.2 Å². The molecular formula is C16H24ClN3O. The van der Waals surface area contributed by atoms with Crippen molar-refractivity contribution in [3.63, 3.8) is 0 Å². The van der Waals surface area contributed by atoms with Gasteiger partial charge in [-0.05, 0) is 30.4 Å². The molecule has 116 valence electrons. The van der Waals surface area contributed by atoms with E-state index in [0.717, 1.165) is 25.9 Å². The minimum absolute atomic E-state index is 0.0524. The fraction of sp³-hybridized carbons (Fsp3) is 0.625. The standard InChI is InChI=1S/C16H24ClN3O/c1-4-16(5-2)6-8-20(9-7-16)15(21)12-10-13(17)19-14(11-12)18-3/h10-11H,4-9H2,1-3H3,(H,18,19). The van der Waals surface area contributed by atoms with Crippen LogP contribution in [0.5, 0.6) is 0 Å².